The molecule has 1 N–H and O–H groups in total. The highest BCUT2D eigenvalue weighted by atomic mass is 16.5. The summed E-state index contributed by atoms with van der Waals surface area (Å²) in [5.41, 5.74) is 1.11. The fourth-order valence-electron chi connectivity index (χ4n) is 1.67. The van der Waals surface area contributed by atoms with Gasteiger partial charge in [0.25, 0.3) is 0 Å². The van der Waals surface area contributed by atoms with Crippen LogP contribution in [0.15, 0.2) is 12.3 Å². The molecule has 0 aliphatic rings. The van der Waals surface area contributed by atoms with E-state index >= 15 is 0 Å². The van der Waals surface area contributed by atoms with E-state index < -0.39 is 0 Å². The Labute approximate surface area is 98.0 Å². The van der Waals surface area contributed by atoms with Gasteiger partial charge in [-0.15, -0.1) is 0 Å². The van der Waals surface area contributed by atoms with Gasteiger partial charge in [0.05, 0.1) is 11.8 Å². The van der Waals surface area contributed by atoms with E-state index in [1.807, 2.05) is 17.9 Å². The molecule has 1 heterocycles. The minimum absolute atomic E-state index is 0.189. The monoisotopic (exact) mass is 225 g/mol. The third-order valence-electron chi connectivity index (χ3n) is 2.93. The molecule has 0 saturated heterocycles. The highest BCUT2D eigenvalue weighted by Crippen LogP contribution is 2.08. The van der Waals surface area contributed by atoms with E-state index in [1.54, 1.807) is 7.11 Å². The highest BCUT2D eigenvalue weighted by Gasteiger charge is 2.16. The zero-order chi connectivity index (χ0) is 12.1. The first-order chi connectivity index (χ1) is 7.58. The summed E-state index contributed by atoms with van der Waals surface area (Å²) in [4.78, 5) is 0. The van der Waals surface area contributed by atoms with E-state index in [0.29, 0.717) is 12.1 Å². The van der Waals surface area contributed by atoms with Gasteiger partial charge in [-0.2, -0.15) is 5.10 Å². The number of hydrogen-bond acceptors (Lipinski definition) is 3. The Kier molecular flexibility index (Phi) is 4.96. The molecule has 92 valence electrons. The van der Waals surface area contributed by atoms with Gasteiger partial charge in [-0.1, -0.05) is 0 Å². The molecule has 0 saturated carbocycles. The van der Waals surface area contributed by atoms with Gasteiger partial charge in [0, 0.05) is 31.8 Å². The SMILES string of the molecule is CNC(Cc1ccn(C(C)C)n1)C(C)OC. The topological polar surface area (TPSA) is 39.1 Å². The normalized spacial score (nSPS) is 15.4. The van der Waals surface area contributed by atoms with Crippen LogP contribution in [0.1, 0.15) is 32.5 Å². The summed E-state index contributed by atoms with van der Waals surface area (Å²) in [5, 5.41) is 7.80. The maximum absolute atomic E-state index is 5.33. The predicted octanol–water partition coefficient (Wildman–Crippen LogP) is 1.63. The lowest BCUT2D eigenvalue weighted by molar-refractivity contribution is 0.0853. The minimum Gasteiger partial charge on any atom is -0.380 e. The van der Waals surface area contributed by atoms with Crippen molar-refractivity contribution in [2.24, 2.45) is 0 Å². The molecule has 1 aromatic heterocycles. The van der Waals surface area contributed by atoms with Crippen LogP contribution in [-0.4, -0.2) is 36.1 Å². The molecule has 1 aromatic rings. The molecule has 16 heavy (non-hydrogen) atoms. The average molecular weight is 225 g/mol. The summed E-state index contributed by atoms with van der Waals surface area (Å²) < 4.78 is 7.32. The molecule has 0 fully saturated rings. The maximum Gasteiger partial charge on any atom is 0.0699 e. The van der Waals surface area contributed by atoms with Crippen LogP contribution in [-0.2, 0) is 11.2 Å². The standard InChI is InChI=1S/C12H23N3O/c1-9(2)15-7-6-11(14-15)8-12(13-4)10(3)16-5/h6-7,9-10,12-13H,8H2,1-5H3. The molecule has 2 unspecified atom stereocenters. The number of likely N-dealkylation sites (N-methyl/N-ethyl adjacent to an activating group) is 1. The van der Waals surface area contributed by atoms with Crippen LogP contribution in [0.5, 0.6) is 0 Å². The smallest absolute Gasteiger partial charge is 0.0699 e. The van der Waals surface area contributed by atoms with E-state index in [1.165, 1.54) is 0 Å². The predicted molar refractivity (Wildman–Crippen MR) is 65.6 cm³/mol. The number of methoxy groups -OCH3 is 1. The molecule has 4 nitrogen and oxygen atoms in total. The number of aromatic nitrogens is 2. The third-order valence-corrected chi connectivity index (χ3v) is 2.93. The Morgan fingerprint density at radius 3 is 2.56 bits per heavy atom. The molecule has 1 rings (SSSR count). The Balaban J connectivity index is 2.63. The van der Waals surface area contributed by atoms with Crippen molar-refractivity contribution in [2.75, 3.05) is 14.2 Å². The van der Waals surface area contributed by atoms with Crippen molar-refractivity contribution in [1.82, 2.24) is 15.1 Å². The summed E-state index contributed by atoms with van der Waals surface area (Å²) >= 11 is 0. The Hall–Kier alpha value is -0.870. The van der Waals surface area contributed by atoms with Crippen LogP contribution in [0.2, 0.25) is 0 Å². The molecule has 0 bridgehead atoms. The van der Waals surface area contributed by atoms with E-state index in [-0.39, 0.29) is 6.10 Å². The molecular weight excluding hydrogens is 202 g/mol. The third kappa shape index (κ3) is 3.32. The van der Waals surface area contributed by atoms with Crippen LogP contribution >= 0.6 is 0 Å². The first kappa shape index (κ1) is 13.2. The number of rotatable bonds is 6. The van der Waals surface area contributed by atoms with Crippen molar-refractivity contribution in [3.8, 4) is 0 Å². The van der Waals surface area contributed by atoms with E-state index in [4.69, 9.17) is 4.74 Å². The number of hydrogen-bond donors (Lipinski definition) is 1. The molecule has 0 radical (unpaired) electrons. The molecule has 0 aliphatic heterocycles. The maximum atomic E-state index is 5.33. The van der Waals surface area contributed by atoms with Crippen LogP contribution in [0.25, 0.3) is 0 Å². The molecule has 0 aromatic carbocycles. The summed E-state index contributed by atoms with van der Waals surface area (Å²) in [6, 6.07) is 2.80. The molecule has 0 amide bonds. The fraction of sp³-hybridized carbons (Fsp3) is 0.750. The first-order valence-corrected chi connectivity index (χ1v) is 5.82. The van der Waals surface area contributed by atoms with E-state index in [9.17, 15) is 0 Å². The van der Waals surface area contributed by atoms with Crippen molar-refractivity contribution < 1.29 is 4.74 Å². The second kappa shape index (κ2) is 6.01. The fourth-order valence-corrected chi connectivity index (χ4v) is 1.67. The minimum atomic E-state index is 0.189. The summed E-state index contributed by atoms with van der Waals surface area (Å²) in [6.07, 6.45) is 3.12. The van der Waals surface area contributed by atoms with Crippen molar-refractivity contribution in [3.05, 3.63) is 18.0 Å². The second-order valence-electron chi connectivity index (χ2n) is 4.42. The van der Waals surface area contributed by atoms with Crippen molar-refractivity contribution in [3.63, 3.8) is 0 Å². The van der Waals surface area contributed by atoms with Crippen LogP contribution < -0.4 is 5.32 Å². The van der Waals surface area contributed by atoms with Crippen molar-refractivity contribution >= 4 is 0 Å². The molecule has 4 heteroatoms. The summed E-state index contributed by atoms with van der Waals surface area (Å²) in [6.45, 7) is 6.33. The van der Waals surface area contributed by atoms with Crippen molar-refractivity contribution in [1.29, 1.82) is 0 Å². The molecular formula is C12H23N3O. The molecule has 0 aliphatic carbocycles. The van der Waals surface area contributed by atoms with Gasteiger partial charge < -0.3 is 10.1 Å². The zero-order valence-electron chi connectivity index (χ0n) is 10.9. The number of nitrogens with zero attached hydrogens (tertiary/aromatic N) is 2. The van der Waals surface area contributed by atoms with Gasteiger partial charge in [-0.3, -0.25) is 4.68 Å². The highest BCUT2D eigenvalue weighted by molar-refractivity contribution is 5.02. The van der Waals surface area contributed by atoms with Crippen LogP contribution in [0, 0.1) is 0 Å². The zero-order valence-corrected chi connectivity index (χ0v) is 10.9. The Morgan fingerprint density at radius 1 is 1.44 bits per heavy atom. The molecule has 2 atom stereocenters. The van der Waals surface area contributed by atoms with Gasteiger partial charge in [0.1, 0.15) is 0 Å². The second-order valence-corrected chi connectivity index (χ2v) is 4.42. The van der Waals surface area contributed by atoms with Crippen molar-refractivity contribution in [2.45, 2.75) is 45.4 Å². The van der Waals surface area contributed by atoms with E-state index in [2.05, 4.69) is 37.3 Å². The largest absolute Gasteiger partial charge is 0.380 e. The lowest BCUT2D eigenvalue weighted by Crippen LogP contribution is -2.38. The average Bonchev–Trinajstić information content (AvgIpc) is 2.73. The number of nitrogens with one attached hydrogen (secondary N) is 1. The quantitative estimate of drug-likeness (QED) is 0.800. The lowest BCUT2D eigenvalue weighted by atomic mass is 10.1. The lowest BCUT2D eigenvalue weighted by Gasteiger charge is -2.21. The summed E-state index contributed by atoms with van der Waals surface area (Å²) in [5.74, 6) is 0. The Morgan fingerprint density at radius 2 is 2.12 bits per heavy atom. The van der Waals surface area contributed by atoms with Gasteiger partial charge in [-0.25, -0.2) is 0 Å². The molecule has 0 spiro atoms. The Bertz CT molecular complexity index is 309. The van der Waals surface area contributed by atoms with Crippen LogP contribution in [0.3, 0.4) is 0 Å². The number of ether oxygens (including phenoxy) is 1. The van der Waals surface area contributed by atoms with E-state index in [0.717, 1.165) is 12.1 Å². The van der Waals surface area contributed by atoms with Gasteiger partial charge >= 0.3 is 0 Å². The van der Waals surface area contributed by atoms with Gasteiger partial charge in [-0.05, 0) is 33.9 Å². The first-order valence-electron chi connectivity index (χ1n) is 5.82. The van der Waals surface area contributed by atoms with Gasteiger partial charge in [0.15, 0.2) is 0 Å². The van der Waals surface area contributed by atoms with Crippen LogP contribution in [0.4, 0.5) is 0 Å². The summed E-state index contributed by atoms with van der Waals surface area (Å²) in [7, 11) is 3.70. The van der Waals surface area contributed by atoms with Gasteiger partial charge in [0.2, 0.25) is 0 Å².